The first-order valence-electron chi connectivity index (χ1n) is 4.97. The van der Waals surface area contributed by atoms with Crippen LogP contribution in [0.25, 0.3) is 0 Å². The van der Waals surface area contributed by atoms with Crippen LogP contribution in [-0.2, 0) is 9.47 Å². The van der Waals surface area contributed by atoms with Crippen molar-refractivity contribution in [1.29, 1.82) is 0 Å². The molecule has 0 N–H and O–H groups in total. The van der Waals surface area contributed by atoms with Crippen LogP contribution in [-0.4, -0.2) is 43.5 Å². The summed E-state index contributed by atoms with van der Waals surface area (Å²) in [5, 5.41) is 0. The van der Waals surface area contributed by atoms with Crippen molar-refractivity contribution < 1.29 is 9.47 Å². The summed E-state index contributed by atoms with van der Waals surface area (Å²) in [4.78, 5) is 2.11. The molecule has 0 spiro atoms. The lowest BCUT2D eigenvalue weighted by molar-refractivity contribution is -0.139. The van der Waals surface area contributed by atoms with Gasteiger partial charge in [-0.3, -0.25) is 4.90 Å². The predicted octanol–water partition coefficient (Wildman–Crippen LogP) is 1.09. The van der Waals surface area contributed by atoms with E-state index in [9.17, 15) is 0 Å². The van der Waals surface area contributed by atoms with E-state index in [2.05, 4.69) is 10.8 Å². The van der Waals surface area contributed by atoms with Crippen molar-refractivity contribution in [3.63, 3.8) is 0 Å². The molecular formula is C11H19NO2. The molecule has 1 fully saturated rings. The molecule has 1 aliphatic rings. The normalized spacial score (nSPS) is 25.2. The van der Waals surface area contributed by atoms with Crippen molar-refractivity contribution in [3.8, 4) is 12.3 Å². The highest BCUT2D eigenvalue weighted by Gasteiger charge is 2.32. The maximum absolute atomic E-state index is 5.68. The van der Waals surface area contributed by atoms with E-state index in [-0.39, 0.29) is 6.10 Å². The molecule has 3 heteroatoms. The average molecular weight is 197 g/mol. The minimum Gasteiger partial charge on any atom is -0.348 e. The van der Waals surface area contributed by atoms with Crippen LogP contribution >= 0.6 is 0 Å². The fourth-order valence-corrected chi connectivity index (χ4v) is 1.50. The number of rotatable bonds is 4. The summed E-state index contributed by atoms with van der Waals surface area (Å²) in [5.41, 5.74) is 0. The Balaban J connectivity index is 2.18. The summed E-state index contributed by atoms with van der Waals surface area (Å²) in [6.07, 6.45) is 6.40. The molecule has 1 heterocycles. The fraction of sp³-hybridized carbons (Fsp3) is 0.818. The molecular weight excluding hydrogens is 178 g/mol. The maximum Gasteiger partial charge on any atom is 0.163 e. The second-order valence-corrected chi connectivity index (χ2v) is 4.18. The van der Waals surface area contributed by atoms with Gasteiger partial charge in [0.1, 0.15) is 0 Å². The highest BCUT2D eigenvalue weighted by molar-refractivity contribution is 4.87. The standard InChI is InChI=1S/C11H19NO2/c1-5-7-12(4)8-6-10-9-13-11(2,3)14-10/h1,10H,6-9H2,2-4H3/t10-/m0/s1. The summed E-state index contributed by atoms with van der Waals surface area (Å²) in [6.45, 7) is 6.22. The molecule has 1 atom stereocenters. The van der Waals surface area contributed by atoms with Crippen molar-refractivity contribution in [2.24, 2.45) is 0 Å². The molecule has 0 aromatic rings. The second kappa shape index (κ2) is 4.79. The molecule has 1 aliphatic heterocycles. The van der Waals surface area contributed by atoms with Crippen LogP contribution in [0.4, 0.5) is 0 Å². The van der Waals surface area contributed by atoms with Gasteiger partial charge in [-0.05, 0) is 27.3 Å². The number of hydrogen-bond acceptors (Lipinski definition) is 3. The average Bonchev–Trinajstić information content (AvgIpc) is 2.43. The zero-order valence-electron chi connectivity index (χ0n) is 9.25. The largest absolute Gasteiger partial charge is 0.348 e. The first-order chi connectivity index (χ1) is 6.53. The van der Waals surface area contributed by atoms with E-state index in [4.69, 9.17) is 15.9 Å². The molecule has 0 amide bonds. The number of nitrogens with zero attached hydrogens (tertiary/aromatic N) is 1. The highest BCUT2D eigenvalue weighted by atomic mass is 16.7. The monoisotopic (exact) mass is 197 g/mol. The van der Waals surface area contributed by atoms with Crippen LogP contribution in [0.2, 0.25) is 0 Å². The third-order valence-corrected chi connectivity index (χ3v) is 2.26. The summed E-state index contributed by atoms with van der Waals surface area (Å²) < 4.78 is 11.1. The van der Waals surface area contributed by atoms with Crippen LogP contribution in [0.15, 0.2) is 0 Å². The minimum absolute atomic E-state index is 0.213. The van der Waals surface area contributed by atoms with E-state index < -0.39 is 5.79 Å². The summed E-state index contributed by atoms with van der Waals surface area (Å²) in [5.74, 6) is 2.21. The van der Waals surface area contributed by atoms with Crippen LogP contribution < -0.4 is 0 Å². The topological polar surface area (TPSA) is 21.7 Å². The van der Waals surface area contributed by atoms with Gasteiger partial charge in [0.15, 0.2) is 5.79 Å². The van der Waals surface area contributed by atoms with Crippen LogP contribution in [0.3, 0.4) is 0 Å². The SMILES string of the molecule is C#CCN(C)CC[C@H]1COC(C)(C)O1. The number of hydrogen-bond donors (Lipinski definition) is 0. The van der Waals surface area contributed by atoms with Gasteiger partial charge in [-0.15, -0.1) is 6.42 Å². The molecule has 0 bridgehead atoms. The van der Waals surface area contributed by atoms with E-state index in [1.54, 1.807) is 0 Å². The molecule has 14 heavy (non-hydrogen) atoms. The Kier molecular flexibility index (Phi) is 3.94. The van der Waals surface area contributed by atoms with Crippen molar-refractivity contribution in [2.45, 2.75) is 32.2 Å². The first kappa shape index (κ1) is 11.5. The van der Waals surface area contributed by atoms with E-state index in [1.807, 2.05) is 20.9 Å². The minimum atomic E-state index is -0.407. The quantitative estimate of drug-likeness (QED) is 0.630. The van der Waals surface area contributed by atoms with Gasteiger partial charge in [0.25, 0.3) is 0 Å². The Morgan fingerprint density at radius 3 is 2.79 bits per heavy atom. The molecule has 0 aromatic carbocycles. The zero-order chi connectivity index (χ0) is 10.6. The fourth-order valence-electron chi connectivity index (χ4n) is 1.50. The molecule has 0 unspecified atom stereocenters. The van der Waals surface area contributed by atoms with E-state index in [0.717, 1.165) is 13.0 Å². The number of ether oxygens (including phenoxy) is 2. The lowest BCUT2D eigenvalue weighted by Crippen LogP contribution is -2.26. The lowest BCUT2D eigenvalue weighted by atomic mass is 10.2. The summed E-state index contributed by atoms with van der Waals surface area (Å²) in [7, 11) is 2.01. The van der Waals surface area contributed by atoms with E-state index >= 15 is 0 Å². The third kappa shape index (κ3) is 3.67. The Morgan fingerprint density at radius 2 is 2.29 bits per heavy atom. The van der Waals surface area contributed by atoms with Crippen molar-refractivity contribution in [1.82, 2.24) is 4.90 Å². The number of terminal acetylenes is 1. The first-order valence-corrected chi connectivity index (χ1v) is 4.97. The Hall–Kier alpha value is -0.560. The van der Waals surface area contributed by atoms with Gasteiger partial charge in [0, 0.05) is 6.54 Å². The smallest absolute Gasteiger partial charge is 0.163 e. The van der Waals surface area contributed by atoms with Crippen molar-refractivity contribution >= 4 is 0 Å². The lowest BCUT2D eigenvalue weighted by Gasteiger charge is -2.18. The predicted molar refractivity (Wildman–Crippen MR) is 55.9 cm³/mol. The Bertz CT molecular complexity index is 220. The van der Waals surface area contributed by atoms with Gasteiger partial charge >= 0.3 is 0 Å². The highest BCUT2D eigenvalue weighted by Crippen LogP contribution is 2.23. The van der Waals surface area contributed by atoms with Gasteiger partial charge in [-0.2, -0.15) is 0 Å². The molecule has 1 saturated heterocycles. The van der Waals surface area contributed by atoms with Gasteiger partial charge in [-0.1, -0.05) is 5.92 Å². The van der Waals surface area contributed by atoms with Gasteiger partial charge in [0.05, 0.1) is 19.3 Å². The maximum atomic E-state index is 5.68. The Labute approximate surface area is 86.4 Å². The van der Waals surface area contributed by atoms with E-state index in [0.29, 0.717) is 13.2 Å². The third-order valence-electron chi connectivity index (χ3n) is 2.26. The molecule has 80 valence electrons. The van der Waals surface area contributed by atoms with Crippen LogP contribution in [0, 0.1) is 12.3 Å². The summed E-state index contributed by atoms with van der Waals surface area (Å²) >= 11 is 0. The van der Waals surface area contributed by atoms with Crippen LogP contribution in [0.1, 0.15) is 20.3 Å². The Morgan fingerprint density at radius 1 is 1.57 bits per heavy atom. The van der Waals surface area contributed by atoms with Gasteiger partial charge in [0.2, 0.25) is 0 Å². The molecule has 3 nitrogen and oxygen atoms in total. The van der Waals surface area contributed by atoms with E-state index in [1.165, 1.54) is 0 Å². The second-order valence-electron chi connectivity index (χ2n) is 4.18. The molecule has 1 rings (SSSR count). The molecule has 0 aliphatic carbocycles. The molecule has 0 aromatic heterocycles. The van der Waals surface area contributed by atoms with Gasteiger partial charge < -0.3 is 9.47 Å². The molecule has 0 saturated carbocycles. The summed E-state index contributed by atoms with van der Waals surface area (Å²) in [6, 6.07) is 0. The van der Waals surface area contributed by atoms with Crippen molar-refractivity contribution in [2.75, 3.05) is 26.7 Å². The molecule has 0 radical (unpaired) electrons. The zero-order valence-corrected chi connectivity index (χ0v) is 9.25. The van der Waals surface area contributed by atoms with Crippen LogP contribution in [0.5, 0.6) is 0 Å². The van der Waals surface area contributed by atoms with Crippen molar-refractivity contribution in [3.05, 3.63) is 0 Å². The van der Waals surface area contributed by atoms with Gasteiger partial charge in [-0.25, -0.2) is 0 Å².